The molecule has 0 amide bonds. The van der Waals surface area contributed by atoms with Gasteiger partial charge in [-0.05, 0) is 44.5 Å². The van der Waals surface area contributed by atoms with Crippen molar-refractivity contribution in [1.29, 1.82) is 0 Å². The van der Waals surface area contributed by atoms with Gasteiger partial charge < -0.3 is 9.30 Å². The molecule has 0 fully saturated rings. The molecule has 0 aliphatic heterocycles. The first-order valence-electron chi connectivity index (χ1n) is 6.21. The summed E-state index contributed by atoms with van der Waals surface area (Å²) in [6, 6.07) is 6.03. The molecule has 0 aliphatic rings. The third-order valence-corrected chi connectivity index (χ3v) is 2.85. The van der Waals surface area contributed by atoms with E-state index in [1.54, 1.807) is 6.92 Å². The van der Waals surface area contributed by atoms with Crippen LogP contribution in [-0.2, 0) is 18.3 Å². The largest absolute Gasteiger partial charge is 0.491 e. The van der Waals surface area contributed by atoms with Crippen LogP contribution in [0.25, 0.3) is 10.9 Å². The summed E-state index contributed by atoms with van der Waals surface area (Å²) < 4.78 is 7.75. The Kier molecular flexibility index (Phi) is 3.41. The Labute approximate surface area is 107 Å². The molecule has 0 saturated heterocycles. The van der Waals surface area contributed by atoms with Crippen LogP contribution in [0.2, 0.25) is 0 Å². The van der Waals surface area contributed by atoms with E-state index in [1.165, 1.54) is 0 Å². The first kappa shape index (κ1) is 12.7. The molecule has 0 spiro atoms. The van der Waals surface area contributed by atoms with Crippen molar-refractivity contribution in [2.75, 3.05) is 0 Å². The van der Waals surface area contributed by atoms with Crippen molar-refractivity contribution in [3.05, 3.63) is 30.0 Å². The number of Topliss-reactive ketones (excluding diaryl/α,β-unsaturated/α-hetero) is 1. The van der Waals surface area contributed by atoms with Gasteiger partial charge in [-0.1, -0.05) is 0 Å². The highest BCUT2D eigenvalue weighted by Gasteiger charge is 2.10. The smallest absolute Gasteiger partial charge is 0.134 e. The molecule has 1 heterocycles. The zero-order chi connectivity index (χ0) is 13.3. The van der Waals surface area contributed by atoms with Crippen LogP contribution in [0.15, 0.2) is 24.4 Å². The molecule has 1 aromatic carbocycles. The van der Waals surface area contributed by atoms with Gasteiger partial charge in [0.15, 0.2) is 0 Å². The number of aromatic nitrogens is 1. The fourth-order valence-corrected chi connectivity index (χ4v) is 2.21. The van der Waals surface area contributed by atoms with Crippen molar-refractivity contribution in [1.82, 2.24) is 4.57 Å². The van der Waals surface area contributed by atoms with Crippen LogP contribution >= 0.6 is 0 Å². The first-order chi connectivity index (χ1) is 8.47. The molecule has 0 saturated carbocycles. The van der Waals surface area contributed by atoms with Crippen LogP contribution < -0.4 is 4.74 Å². The molecule has 0 aliphatic carbocycles. The number of benzene rings is 1. The molecule has 2 rings (SSSR count). The Morgan fingerprint density at radius 3 is 2.72 bits per heavy atom. The van der Waals surface area contributed by atoms with E-state index >= 15 is 0 Å². The molecule has 0 bridgehead atoms. The van der Waals surface area contributed by atoms with Gasteiger partial charge in [-0.25, -0.2) is 0 Å². The highest BCUT2D eigenvalue weighted by Crippen LogP contribution is 2.26. The maximum atomic E-state index is 11.3. The van der Waals surface area contributed by atoms with Crippen LogP contribution in [0.1, 0.15) is 26.3 Å². The van der Waals surface area contributed by atoms with E-state index in [1.807, 2.05) is 49.9 Å². The molecule has 0 unspecified atom stereocenters. The normalized spacial score (nSPS) is 11.2. The zero-order valence-electron chi connectivity index (χ0n) is 11.4. The number of fused-ring (bicyclic) bond motifs is 1. The predicted molar refractivity (Wildman–Crippen MR) is 73.1 cm³/mol. The number of hydrogen-bond donors (Lipinski definition) is 0. The summed E-state index contributed by atoms with van der Waals surface area (Å²) in [6.07, 6.45) is 2.65. The second-order valence-electron chi connectivity index (χ2n) is 4.99. The van der Waals surface area contributed by atoms with Crippen LogP contribution in [0.3, 0.4) is 0 Å². The lowest BCUT2D eigenvalue weighted by Crippen LogP contribution is -2.05. The van der Waals surface area contributed by atoms with E-state index in [4.69, 9.17) is 4.74 Å². The summed E-state index contributed by atoms with van der Waals surface area (Å²) in [7, 11) is 1.99. The van der Waals surface area contributed by atoms with E-state index in [0.717, 1.165) is 22.2 Å². The predicted octanol–water partition coefficient (Wildman–Crippen LogP) is 3.10. The Morgan fingerprint density at radius 1 is 1.39 bits per heavy atom. The molecule has 0 atom stereocenters. The summed E-state index contributed by atoms with van der Waals surface area (Å²) in [5.41, 5.74) is 2.19. The second-order valence-corrected chi connectivity index (χ2v) is 4.99. The number of nitrogens with zero attached hydrogens (tertiary/aromatic N) is 1. The average Bonchev–Trinajstić information content (AvgIpc) is 2.54. The maximum Gasteiger partial charge on any atom is 0.134 e. The summed E-state index contributed by atoms with van der Waals surface area (Å²) in [5, 5.41) is 1.10. The van der Waals surface area contributed by atoms with Gasteiger partial charge in [0.2, 0.25) is 0 Å². The fraction of sp³-hybridized carbons (Fsp3) is 0.400. The minimum absolute atomic E-state index is 0.155. The lowest BCUT2D eigenvalue weighted by Gasteiger charge is -2.10. The van der Waals surface area contributed by atoms with E-state index in [9.17, 15) is 4.79 Å². The van der Waals surface area contributed by atoms with Crippen molar-refractivity contribution in [3.63, 3.8) is 0 Å². The molecule has 96 valence electrons. The Morgan fingerprint density at radius 2 is 2.11 bits per heavy atom. The van der Waals surface area contributed by atoms with Crippen molar-refractivity contribution in [3.8, 4) is 5.75 Å². The topological polar surface area (TPSA) is 31.2 Å². The Balaban J connectivity index is 2.48. The molecule has 2 aromatic rings. The van der Waals surface area contributed by atoms with Gasteiger partial charge >= 0.3 is 0 Å². The summed E-state index contributed by atoms with van der Waals surface area (Å²) in [4.78, 5) is 11.3. The number of carbonyl (C=O) groups excluding carboxylic acids is 1. The van der Waals surface area contributed by atoms with Crippen molar-refractivity contribution in [2.45, 2.75) is 33.3 Å². The summed E-state index contributed by atoms with van der Waals surface area (Å²) >= 11 is 0. The monoisotopic (exact) mass is 245 g/mol. The van der Waals surface area contributed by atoms with Crippen LogP contribution in [0.4, 0.5) is 0 Å². The van der Waals surface area contributed by atoms with Crippen LogP contribution in [0.5, 0.6) is 5.75 Å². The Bertz CT molecular complexity index is 581. The molecule has 0 N–H and O–H groups in total. The summed E-state index contributed by atoms with van der Waals surface area (Å²) in [5.74, 6) is 1.03. The number of ether oxygens (including phenoxy) is 1. The van der Waals surface area contributed by atoms with Gasteiger partial charge in [0.05, 0.1) is 6.10 Å². The van der Waals surface area contributed by atoms with Gasteiger partial charge in [-0.15, -0.1) is 0 Å². The molecule has 0 radical (unpaired) electrons. The van der Waals surface area contributed by atoms with E-state index < -0.39 is 0 Å². The van der Waals surface area contributed by atoms with Crippen molar-refractivity contribution < 1.29 is 9.53 Å². The van der Waals surface area contributed by atoms with Crippen molar-refractivity contribution in [2.24, 2.45) is 7.05 Å². The standard InChI is InChI=1S/C15H19NO2/c1-10(2)18-13-5-6-15-14(8-13)12(7-11(3)17)9-16(15)4/h5-6,8-10H,7H2,1-4H3. The van der Waals surface area contributed by atoms with Crippen molar-refractivity contribution >= 4 is 16.7 Å². The SMILES string of the molecule is CC(=O)Cc1cn(C)c2ccc(OC(C)C)cc12. The zero-order valence-corrected chi connectivity index (χ0v) is 11.4. The number of hydrogen-bond acceptors (Lipinski definition) is 2. The molecule has 3 nitrogen and oxygen atoms in total. The summed E-state index contributed by atoms with van der Waals surface area (Å²) in [6.45, 7) is 5.63. The number of carbonyl (C=O) groups is 1. The molecule has 3 heteroatoms. The molecule has 18 heavy (non-hydrogen) atoms. The van der Waals surface area contributed by atoms with E-state index in [0.29, 0.717) is 6.42 Å². The van der Waals surface area contributed by atoms with Gasteiger partial charge in [0.1, 0.15) is 11.5 Å². The third kappa shape index (κ3) is 2.55. The highest BCUT2D eigenvalue weighted by atomic mass is 16.5. The fourth-order valence-electron chi connectivity index (χ4n) is 2.21. The van der Waals surface area contributed by atoms with Gasteiger partial charge in [0, 0.05) is 30.6 Å². The maximum absolute atomic E-state index is 11.3. The highest BCUT2D eigenvalue weighted by molar-refractivity contribution is 5.90. The molecular weight excluding hydrogens is 226 g/mol. The van der Waals surface area contributed by atoms with Crippen LogP contribution in [-0.4, -0.2) is 16.5 Å². The average molecular weight is 245 g/mol. The minimum Gasteiger partial charge on any atom is -0.491 e. The van der Waals surface area contributed by atoms with Gasteiger partial charge in [-0.2, -0.15) is 0 Å². The van der Waals surface area contributed by atoms with E-state index in [-0.39, 0.29) is 11.9 Å². The Hall–Kier alpha value is -1.77. The van der Waals surface area contributed by atoms with Gasteiger partial charge in [-0.3, -0.25) is 4.79 Å². The second kappa shape index (κ2) is 4.84. The van der Waals surface area contributed by atoms with Gasteiger partial charge in [0.25, 0.3) is 0 Å². The third-order valence-electron chi connectivity index (χ3n) is 2.85. The van der Waals surface area contributed by atoms with Crippen LogP contribution in [0, 0.1) is 0 Å². The lowest BCUT2D eigenvalue weighted by molar-refractivity contribution is -0.116. The number of aryl methyl sites for hydroxylation is 1. The first-order valence-corrected chi connectivity index (χ1v) is 6.21. The van der Waals surface area contributed by atoms with E-state index in [2.05, 4.69) is 0 Å². The number of ketones is 1. The number of rotatable bonds is 4. The lowest BCUT2D eigenvalue weighted by atomic mass is 10.1. The quantitative estimate of drug-likeness (QED) is 0.828. The molecule has 1 aromatic heterocycles. The minimum atomic E-state index is 0.155. The molecular formula is C15H19NO2.